The predicted octanol–water partition coefficient (Wildman–Crippen LogP) is 6.51. The zero-order valence-corrected chi connectivity index (χ0v) is 15.3. The van der Waals surface area contributed by atoms with Crippen LogP contribution in [0.1, 0.15) is 98.8 Å². The van der Waals surface area contributed by atoms with Gasteiger partial charge in [0.2, 0.25) is 0 Å². The summed E-state index contributed by atoms with van der Waals surface area (Å²) in [6, 6.07) is 0. The zero-order valence-electron chi connectivity index (χ0n) is 15.3. The van der Waals surface area contributed by atoms with E-state index in [1.165, 1.54) is 63.4 Å². The molecule has 0 spiro atoms. The molecule has 0 bridgehead atoms. The van der Waals surface area contributed by atoms with Gasteiger partial charge in [-0.3, -0.25) is 0 Å². The molecule has 0 aromatic carbocycles. The van der Waals surface area contributed by atoms with Crippen molar-refractivity contribution in [3.63, 3.8) is 0 Å². The van der Waals surface area contributed by atoms with Crippen molar-refractivity contribution >= 4 is 0 Å². The Labute approximate surface area is 134 Å². The highest BCUT2D eigenvalue weighted by Crippen LogP contribution is 2.19. The lowest BCUT2D eigenvalue weighted by Crippen LogP contribution is -1.97. The molecule has 0 rings (SSSR count). The van der Waals surface area contributed by atoms with Crippen LogP contribution in [-0.2, 0) is 0 Å². The third-order valence-corrected chi connectivity index (χ3v) is 4.27. The van der Waals surface area contributed by atoms with Crippen LogP contribution in [0, 0.1) is 11.8 Å². The largest absolute Gasteiger partial charge is 0.389 e. The molecule has 0 aliphatic carbocycles. The lowest BCUT2D eigenvalue weighted by Gasteiger charge is -2.11. The van der Waals surface area contributed by atoms with Gasteiger partial charge < -0.3 is 5.11 Å². The average Bonchev–Trinajstić information content (AvgIpc) is 2.36. The average molecular weight is 297 g/mol. The van der Waals surface area contributed by atoms with E-state index in [1.54, 1.807) is 0 Å². The van der Waals surface area contributed by atoms with Crippen molar-refractivity contribution in [3.05, 3.63) is 11.6 Å². The minimum Gasteiger partial charge on any atom is -0.389 e. The van der Waals surface area contributed by atoms with Crippen LogP contribution in [-0.4, -0.2) is 11.2 Å². The third kappa shape index (κ3) is 15.9. The van der Waals surface area contributed by atoms with Crippen molar-refractivity contribution in [2.45, 2.75) is 105 Å². The number of unbranched alkanes of at least 4 members (excludes halogenated alkanes) is 4. The van der Waals surface area contributed by atoms with Crippen LogP contribution in [0.15, 0.2) is 11.6 Å². The molecule has 2 unspecified atom stereocenters. The molecule has 126 valence electrons. The molecule has 0 radical (unpaired) electrons. The second-order valence-electron chi connectivity index (χ2n) is 7.49. The summed E-state index contributed by atoms with van der Waals surface area (Å²) in [4.78, 5) is 0. The van der Waals surface area contributed by atoms with Gasteiger partial charge in [0.25, 0.3) is 0 Å². The number of allylic oxidation sites excluding steroid dienone is 1. The summed E-state index contributed by atoms with van der Waals surface area (Å²) in [5.41, 5.74) is 1.34. The van der Waals surface area contributed by atoms with Crippen LogP contribution in [0.25, 0.3) is 0 Å². The Morgan fingerprint density at radius 2 is 1.33 bits per heavy atom. The van der Waals surface area contributed by atoms with Gasteiger partial charge in [-0.15, -0.1) is 0 Å². The molecule has 0 amide bonds. The van der Waals surface area contributed by atoms with Crippen molar-refractivity contribution in [2.24, 2.45) is 11.8 Å². The molecule has 0 fully saturated rings. The van der Waals surface area contributed by atoms with Gasteiger partial charge in [-0.05, 0) is 38.5 Å². The van der Waals surface area contributed by atoms with Crippen molar-refractivity contribution in [1.82, 2.24) is 0 Å². The molecular weight excluding hydrogens is 256 g/mol. The Balaban J connectivity index is 3.40. The maximum absolute atomic E-state index is 9.29. The van der Waals surface area contributed by atoms with Crippen LogP contribution >= 0.6 is 0 Å². The summed E-state index contributed by atoms with van der Waals surface area (Å²) in [5.74, 6) is 1.73. The quantitative estimate of drug-likeness (QED) is 0.303. The lowest BCUT2D eigenvalue weighted by atomic mass is 9.95. The van der Waals surface area contributed by atoms with Gasteiger partial charge in [0.15, 0.2) is 0 Å². The summed E-state index contributed by atoms with van der Waals surface area (Å²) in [7, 11) is 0. The minimum atomic E-state index is -0.293. The molecule has 1 N–H and O–H groups in total. The minimum absolute atomic E-state index is 0.293. The first-order chi connectivity index (χ1) is 9.91. The van der Waals surface area contributed by atoms with Gasteiger partial charge in [-0.2, -0.15) is 0 Å². The Morgan fingerprint density at radius 3 is 1.90 bits per heavy atom. The van der Waals surface area contributed by atoms with E-state index in [0.717, 1.165) is 18.3 Å². The van der Waals surface area contributed by atoms with E-state index in [1.807, 2.05) is 13.0 Å². The van der Waals surface area contributed by atoms with E-state index in [2.05, 4.69) is 27.7 Å². The standard InChI is InChI=1S/C20H40O/c1-17(2)12-9-7-6-8-10-13-18(3)14-11-15-19(4)16-20(5)21/h16-18,20-21H,6-15H2,1-5H3. The van der Waals surface area contributed by atoms with E-state index in [9.17, 15) is 5.11 Å². The number of hydrogen-bond acceptors (Lipinski definition) is 1. The summed E-state index contributed by atoms with van der Waals surface area (Å²) in [6.07, 6.45) is 15.3. The molecule has 0 aromatic rings. The van der Waals surface area contributed by atoms with Gasteiger partial charge >= 0.3 is 0 Å². The maximum Gasteiger partial charge on any atom is 0.0695 e. The maximum atomic E-state index is 9.29. The SMILES string of the molecule is CC(=CC(C)O)CCCC(C)CCCCCCCC(C)C. The van der Waals surface area contributed by atoms with Gasteiger partial charge in [0, 0.05) is 0 Å². The molecule has 0 aliphatic heterocycles. The fourth-order valence-corrected chi connectivity index (χ4v) is 2.94. The molecule has 0 heterocycles. The Hall–Kier alpha value is -0.300. The van der Waals surface area contributed by atoms with Gasteiger partial charge in [-0.1, -0.05) is 83.8 Å². The van der Waals surface area contributed by atoms with E-state index in [-0.39, 0.29) is 6.10 Å². The number of aliphatic hydroxyl groups is 1. The summed E-state index contributed by atoms with van der Waals surface area (Å²) >= 11 is 0. The van der Waals surface area contributed by atoms with Crippen LogP contribution in [0.4, 0.5) is 0 Å². The normalized spacial score (nSPS) is 15.5. The molecule has 2 atom stereocenters. The number of rotatable bonds is 13. The highest BCUT2D eigenvalue weighted by Gasteiger charge is 2.03. The van der Waals surface area contributed by atoms with Crippen molar-refractivity contribution in [3.8, 4) is 0 Å². The second kappa shape index (κ2) is 13.4. The topological polar surface area (TPSA) is 20.2 Å². The first-order valence-electron chi connectivity index (χ1n) is 9.27. The number of hydrogen-bond donors (Lipinski definition) is 1. The molecule has 0 aliphatic rings. The van der Waals surface area contributed by atoms with Gasteiger partial charge in [0.1, 0.15) is 0 Å². The lowest BCUT2D eigenvalue weighted by molar-refractivity contribution is 0.243. The van der Waals surface area contributed by atoms with Crippen LogP contribution in [0.5, 0.6) is 0 Å². The molecule has 1 nitrogen and oxygen atoms in total. The van der Waals surface area contributed by atoms with Gasteiger partial charge in [-0.25, -0.2) is 0 Å². The molecule has 21 heavy (non-hydrogen) atoms. The fraction of sp³-hybridized carbons (Fsp3) is 0.900. The summed E-state index contributed by atoms with van der Waals surface area (Å²) in [6.45, 7) is 11.0. The highest BCUT2D eigenvalue weighted by atomic mass is 16.3. The Bertz CT molecular complexity index is 253. The van der Waals surface area contributed by atoms with Crippen molar-refractivity contribution < 1.29 is 5.11 Å². The fourth-order valence-electron chi connectivity index (χ4n) is 2.94. The number of aliphatic hydroxyl groups excluding tert-OH is 1. The molecule has 0 saturated heterocycles. The summed E-state index contributed by atoms with van der Waals surface area (Å²) in [5, 5.41) is 9.29. The zero-order chi connectivity index (χ0) is 16.1. The van der Waals surface area contributed by atoms with Gasteiger partial charge in [0.05, 0.1) is 6.10 Å². The first kappa shape index (κ1) is 20.7. The van der Waals surface area contributed by atoms with E-state index >= 15 is 0 Å². The molecule has 0 aromatic heterocycles. The molecule has 1 heteroatoms. The highest BCUT2D eigenvalue weighted by molar-refractivity contribution is 5.00. The van der Waals surface area contributed by atoms with Crippen molar-refractivity contribution in [1.29, 1.82) is 0 Å². The van der Waals surface area contributed by atoms with Crippen LogP contribution < -0.4 is 0 Å². The second-order valence-corrected chi connectivity index (χ2v) is 7.49. The Morgan fingerprint density at radius 1 is 0.810 bits per heavy atom. The first-order valence-corrected chi connectivity index (χ1v) is 9.27. The van der Waals surface area contributed by atoms with Crippen LogP contribution in [0.2, 0.25) is 0 Å². The monoisotopic (exact) mass is 296 g/mol. The Kier molecular flexibility index (Phi) is 13.2. The van der Waals surface area contributed by atoms with E-state index in [0.29, 0.717) is 0 Å². The predicted molar refractivity (Wildman–Crippen MR) is 95.6 cm³/mol. The van der Waals surface area contributed by atoms with Crippen LogP contribution in [0.3, 0.4) is 0 Å². The third-order valence-electron chi connectivity index (χ3n) is 4.27. The molecule has 0 saturated carbocycles. The summed E-state index contributed by atoms with van der Waals surface area (Å²) < 4.78 is 0. The van der Waals surface area contributed by atoms with Crippen molar-refractivity contribution in [2.75, 3.05) is 0 Å². The smallest absolute Gasteiger partial charge is 0.0695 e. The van der Waals surface area contributed by atoms with E-state index < -0.39 is 0 Å². The molecular formula is C20H40O. The van der Waals surface area contributed by atoms with E-state index in [4.69, 9.17) is 0 Å².